The highest BCUT2D eigenvalue weighted by molar-refractivity contribution is 6.30. The lowest BCUT2D eigenvalue weighted by atomic mass is 10.0. The summed E-state index contributed by atoms with van der Waals surface area (Å²) in [5, 5.41) is 3.65. The van der Waals surface area contributed by atoms with Crippen LogP contribution in [0.2, 0.25) is 5.02 Å². The topological polar surface area (TPSA) is 15.3 Å². The van der Waals surface area contributed by atoms with Crippen LogP contribution in [-0.2, 0) is 0 Å². The van der Waals surface area contributed by atoms with Crippen molar-refractivity contribution in [3.05, 3.63) is 34.6 Å². The van der Waals surface area contributed by atoms with Gasteiger partial charge < -0.3 is 10.2 Å². The van der Waals surface area contributed by atoms with Gasteiger partial charge in [0.05, 0.1) is 5.02 Å². The maximum atomic E-state index is 13.4. The van der Waals surface area contributed by atoms with Crippen LogP contribution in [0.5, 0.6) is 0 Å². The molecule has 2 rings (SSSR count). The normalized spacial score (nSPS) is 21.4. The maximum Gasteiger partial charge on any atom is 0.142 e. The standard InChI is InChI=1S/C17H26ClFN2/c1-13-6-3-4-10-21(13)11-5-9-20-14(2)15-7-8-16(18)17(19)12-15/h7-8,12-14,20H,3-6,9-11H2,1-2H3. The third-order valence-corrected chi connectivity index (χ3v) is 4.76. The molecule has 1 aliphatic heterocycles. The highest BCUT2D eigenvalue weighted by atomic mass is 35.5. The lowest BCUT2D eigenvalue weighted by Crippen LogP contribution is -2.39. The molecule has 0 saturated carbocycles. The molecular weight excluding hydrogens is 287 g/mol. The van der Waals surface area contributed by atoms with Gasteiger partial charge in [0.1, 0.15) is 5.82 Å². The van der Waals surface area contributed by atoms with Crippen LogP contribution in [0.3, 0.4) is 0 Å². The molecule has 1 aliphatic rings. The van der Waals surface area contributed by atoms with Gasteiger partial charge in [0.2, 0.25) is 0 Å². The third-order valence-electron chi connectivity index (χ3n) is 4.46. The lowest BCUT2D eigenvalue weighted by molar-refractivity contribution is 0.158. The van der Waals surface area contributed by atoms with Gasteiger partial charge in [-0.3, -0.25) is 0 Å². The van der Waals surface area contributed by atoms with Gasteiger partial charge in [-0.25, -0.2) is 4.39 Å². The van der Waals surface area contributed by atoms with Crippen LogP contribution in [-0.4, -0.2) is 30.6 Å². The Kier molecular flexibility index (Phi) is 6.46. The summed E-state index contributed by atoms with van der Waals surface area (Å²) in [6, 6.07) is 5.90. The van der Waals surface area contributed by atoms with E-state index in [1.807, 2.05) is 6.07 Å². The minimum absolute atomic E-state index is 0.149. The highest BCUT2D eigenvalue weighted by Crippen LogP contribution is 2.20. The molecule has 21 heavy (non-hydrogen) atoms. The summed E-state index contributed by atoms with van der Waals surface area (Å²) in [4.78, 5) is 2.58. The SMILES string of the molecule is CC(NCCCN1CCCCC1C)c1ccc(Cl)c(F)c1. The number of rotatable bonds is 6. The number of benzene rings is 1. The largest absolute Gasteiger partial charge is 0.310 e. The molecular formula is C17H26ClFN2. The number of hydrogen-bond donors (Lipinski definition) is 1. The number of nitrogens with one attached hydrogen (secondary N) is 1. The summed E-state index contributed by atoms with van der Waals surface area (Å²) in [7, 11) is 0. The zero-order valence-electron chi connectivity index (χ0n) is 13.0. The van der Waals surface area contributed by atoms with Gasteiger partial charge in [0, 0.05) is 12.1 Å². The van der Waals surface area contributed by atoms with Crippen LogP contribution < -0.4 is 5.32 Å². The van der Waals surface area contributed by atoms with Gasteiger partial charge >= 0.3 is 0 Å². The van der Waals surface area contributed by atoms with E-state index in [-0.39, 0.29) is 16.9 Å². The molecule has 1 fully saturated rings. The monoisotopic (exact) mass is 312 g/mol. The Labute approximate surface area is 132 Å². The van der Waals surface area contributed by atoms with Crippen LogP contribution in [0.4, 0.5) is 4.39 Å². The maximum absolute atomic E-state index is 13.4. The van der Waals surface area contributed by atoms with Gasteiger partial charge in [-0.1, -0.05) is 24.1 Å². The molecule has 118 valence electrons. The van der Waals surface area contributed by atoms with E-state index in [2.05, 4.69) is 24.1 Å². The van der Waals surface area contributed by atoms with Crippen molar-refractivity contribution in [3.8, 4) is 0 Å². The van der Waals surface area contributed by atoms with Crippen LogP contribution in [0.15, 0.2) is 18.2 Å². The molecule has 0 bridgehead atoms. The highest BCUT2D eigenvalue weighted by Gasteiger charge is 2.17. The van der Waals surface area contributed by atoms with Gasteiger partial charge in [-0.05, 0) is 70.4 Å². The lowest BCUT2D eigenvalue weighted by Gasteiger charge is -2.33. The Morgan fingerprint density at radius 3 is 2.95 bits per heavy atom. The molecule has 1 heterocycles. The molecule has 0 amide bonds. The van der Waals surface area contributed by atoms with Crippen molar-refractivity contribution in [3.63, 3.8) is 0 Å². The number of halogens is 2. The number of nitrogens with zero attached hydrogens (tertiary/aromatic N) is 1. The zero-order valence-corrected chi connectivity index (χ0v) is 13.8. The zero-order chi connectivity index (χ0) is 15.2. The summed E-state index contributed by atoms with van der Waals surface area (Å²) in [6.07, 6.45) is 5.16. The Morgan fingerprint density at radius 2 is 2.24 bits per heavy atom. The van der Waals surface area contributed by atoms with E-state index >= 15 is 0 Å². The van der Waals surface area contributed by atoms with Crippen molar-refractivity contribution in [2.45, 2.75) is 51.6 Å². The van der Waals surface area contributed by atoms with Gasteiger partial charge in [0.25, 0.3) is 0 Å². The minimum Gasteiger partial charge on any atom is -0.310 e. The average molecular weight is 313 g/mol. The second-order valence-electron chi connectivity index (χ2n) is 6.08. The molecule has 0 radical (unpaired) electrons. The van der Waals surface area contributed by atoms with Crippen LogP contribution >= 0.6 is 11.6 Å². The summed E-state index contributed by atoms with van der Waals surface area (Å²) in [5.41, 5.74) is 0.947. The van der Waals surface area contributed by atoms with Gasteiger partial charge in [-0.2, -0.15) is 0 Å². The second kappa shape index (κ2) is 8.11. The first-order valence-electron chi connectivity index (χ1n) is 8.00. The first-order chi connectivity index (χ1) is 10.1. The van der Waals surface area contributed by atoms with Crippen LogP contribution in [0, 0.1) is 5.82 Å². The summed E-state index contributed by atoms with van der Waals surface area (Å²) in [6.45, 7) is 7.72. The van der Waals surface area contributed by atoms with E-state index in [0.717, 1.165) is 31.1 Å². The summed E-state index contributed by atoms with van der Waals surface area (Å²) < 4.78 is 13.4. The number of hydrogen-bond acceptors (Lipinski definition) is 2. The van der Waals surface area contributed by atoms with Crippen LogP contribution in [0.25, 0.3) is 0 Å². The van der Waals surface area contributed by atoms with Gasteiger partial charge in [0.15, 0.2) is 0 Å². The number of likely N-dealkylation sites (tertiary alicyclic amines) is 1. The van der Waals surface area contributed by atoms with Crippen molar-refractivity contribution in [2.75, 3.05) is 19.6 Å². The molecule has 0 spiro atoms. The average Bonchev–Trinajstić information content (AvgIpc) is 2.48. The molecule has 1 aromatic rings. The predicted octanol–water partition coefficient (Wildman–Crippen LogP) is 4.39. The fourth-order valence-corrected chi connectivity index (χ4v) is 3.11. The van der Waals surface area contributed by atoms with Crippen molar-refractivity contribution in [2.24, 2.45) is 0 Å². The van der Waals surface area contributed by atoms with E-state index in [9.17, 15) is 4.39 Å². The van der Waals surface area contributed by atoms with Crippen molar-refractivity contribution in [1.29, 1.82) is 0 Å². The smallest absolute Gasteiger partial charge is 0.142 e. The van der Waals surface area contributed by atoms with Crippen molar-refractivity contribution >= 4 is 11.6 Å². The molecule has 0 aromatic heterocycles. The first-order valence-corrected chi connectivity index (χ1v) is 8.38. The molecule has 4 heteroatoms. The Balaban J connectivity index is 1.71. The molecule has 0 aliphatic carbocycles. The Hall–Kier alpha value is -0.640. The summed E-state index contributed by atoms with van der Waals surface area (Å²) >= 11 is 5.71. The Morgan fingerprint density at radius 1 is 1.43 bits per heavy atom. The third kappa shape index (κ3) is 4.94. The fraction of sp³-hybridized carbons (Fsp3) is 0.647. The molecule has 2 atom stereocenters. The van der Waals surface area contributed by atoms with Gasteiger partial charge in [-0.15, -0.1) is 0 Å². The molecule has 1 saturated heterocycles. The van der Waals surface area contributed by atoms with Crippen molar-refractivity contribution < 1.29 is 4.39 Å². The van der Waals surface area contributed by atoms with Crippen molar-refractivity contribution in [1.82, 2.24) is 10.2 Å². The fourth-order valence-electron chi connectivity index (χ4n) is 2.99. The van der Waals surface area contributed by atoms with E-state index in [4.69, 9.17) is 11.6 Å². The quantitative estimate of drug-likeness (QED) is 0.784. The second-order valence-corrected chi connectivity index (χ2v) is 6.49. The molecule has 1 aromatic carbocycles. The van der Waals surface area contributed by atoms with E-state index in [1.54, 1.807) is 6.07 Å². The van der Waals surface area contributed by atoms with Crippen LogP contribution in [0.1, 0.15) is 51.1 Å². The summed E-state index contributed by atoms with van der Waals surface area (Å²) in [5.74, 6) is -0.343. The Bertz CT molecular complexity index is 452. The molecule has 1 N–H and O–H groups in total. The molecule has 2 unspecified atom stereocenters. The van der Waals surface area contributed by atoms with E-state index < -0.39 is 0 Å². The minimum atomic E-state index is -0.343. The predicted molar refractivity (Wildman–Crippen MR) is 87.3 cm³/mol. The molecule has 2 nitrogen and oxygen atoms in total. The number of piperidine rings is 1. The van der Waals surface area contributed by atoms with E-state index in [1.165, 1.54) is 31.9 Å². The first kappa shape index (κ1) is 16.7. The van der Waals surface area contributed by atoms with E-state index in [0.29, 0.717) is 0 Å².